The Balaban J connectivity index is 1.60. The number of rotatable bonds is 4. The molecule has 8 nitrogen and oxygen atoms in total. The molecule has 37 heavy (non-hydrogen) atoms. The minimum Gasteiger partial charge on any atom is -0.390 e. The molecule has 4 aromatic heterocycles. The van der Waals surface area contributed by atoms with E-state index in [-0.39, 0.29) is 52.6 Å². The lowest BCUT2D eigenvalue weighted by molar-refractivity contribution is -0.141. The van der Waals surface area contributed by atoms with Gasteiger partial charge in [-0.05, 0) is 25.8 Å². The summed E-state index contributed by atoms with van der Waals surface area (Å²) in [6.07, 6.45) is -0.266. The Morgan fingerprint density at radius 2 is 1.97 bits per heavy atom. The molecule has 5 heterocycles. The quantitative estimate of drug-likeness (QED) is 0.406. The van der Waals surface area contributed by atoms with Gasteiger partial charge in [0.15, 0.2) is 11.5 Å². The molecule has 4 aromatic rings. The van der Waals surface area contributed by atoms with Crippen LogP contribution >= 0.6 is 0 Å². The van der Waals surface area contributed by atoms with Crippen molar-refractivity contribution in [3.05, 3.63) is 48.1 Å². The number of carbonyl (C=O) groups excluding carboxylic acids is 1. The first-order valence-corrected chi connectivity index (χ1v) is 11.7. The van der Waals surface area contributed by atoms with Crippen LogP contribution in [0.5, 0.6) is 0 Å². The van der Waals surface area contributed by atoms with Crippen LogP contribution in [0.2, 0.25) is 0 Å². The van der Waals surface area contributed by atoms with Crippen LogP contribution in [0.25, 0.3) is 27.9 Å². The number of hydrogen-bond acceptors (Lipinski definition) is 5. The van der Waals surface area contributed by atoms with Gasteiger partial charge in [-0.1, -0.05) is 6.92 Å². The third-order valence-corrected chi connectivity index (χ3v) is 6.94. The molecule has 0 spiro atoms. The van der Waals surface area contributed by atoms with Gasteiger partial charge < -0.3 is 10.0 Å². The average Bonchev–Trinajstić information content (AvgIpc) is 3.38. The fourth-order valence-electron chi connectivity index (χ4n) is 4.89. The zero-order valence-corrected chi connectivity index (χ0v) is 19.9. The van der Waals surface area contributed by atoms with Crippen LogP contribution in [0.15, 0.2) is 30.7 Å². The first-order valence-electron chi connectivity index (χ1n) is 11.7. The Bertz CT molecular complexity index is 1510. The molecule has 1 aliphatic rings. The van der Waals surface area contributed by atoms with E-state index in [0.29, 0.717) is 23.6 Å². The topological polar surface area (TPSA) is 88.5 Å². The normalized spacial score (nSPS) is 20.8. The number of carbonyl (C=O) groups is 1. The number of alkyl halides is 3. The van der Waals surface area contributed by atoms with E-state index in [0.717, 1.165) is 10.6 Å². The third-order valence-electron chi connectivity index (χ3n) is 6.94. The Hall–Kier alpha value is -3.61. The summed E-state index contributed by atoms with van der Waals surface area (Å²) in [6, 6.07) is 1.88. The number of imidazole rings is 1. The lowest BCUT2D eigenvalue weighted by Crippen LogP contribution is -2.51. The molecule has 0 aromatic carbocycles. The molecule has 196 valence electrons. The maximum atomic E-state index is 14.2. The molecule has 5 rings (SSSR count). The Kier molecular flexibility index (Phi) is 5.93. The summed E-state index contributed by atoms with van der Waals surface area (Å²) in [5, 5.41) is 14.8. The summed E-state index contributed by atoms with van der Waals surface area (Å²) in [4.78, 5) is 22.9. The van der Waals surface area contributed by atoms with E-state index in [2.05, 4.69) is 15.1 Å². The molecular weight excluding hydrogens is 499 g/mol. The van der Waals surface area contributed by atoms with Crippen molar-refractivity contribution in [1.82, 2.24) is 29.0 Å². The van der Waals surface area contributed by atoms with Crippen molar-refractivity contribution in [2.45, 2.75) is 45.0 Å². The number of pyridine rings is 2. The Labute approximate surface area is 207 Å². The highest BCUT2D eigenvalue weighted by molar-refractivity contribution is 5.99. The average molecular weight is 522 g/mol. The van der Waals surface area contributed by atoms with Gasteiger partial charge in [-0.15, -0.1) is 0 Å². The fourth-order valence-corrected chi connectivity index (χ4v) is 4.89. The lowest BCUT2D eigenvalue weighted by atomic mass is 9.81. The van der Waals surface area contributed by atoms with Crippen LogP contribution in [-0.4, -0.2) is 64.9 Å². The van der Waals surface area contributed by atoms with E-state index in [1.807, 2.05) is 6.92 Å². The van der Waals surface area contributed by atoms with Crippen LogP contribution in [-0.2, 0) is 6.54 Å². The molecule has 1 amide bonds. The maximum absolute atomic E-state index is 14.2. The van der Waals surface area contributed by atoms with Gasteiger partial charge in [-0.3, -0.25) is 18.9 Å². The van der Waals surface area contributed by atoms with Gasteiger partial charge >= 0.3 is 6.18 Å². The van der Waals surface area contributed by atoms with Crippen LogP contribution in [0.3, 0.4) is 0 Å². The van der Waals surface area contributed by atoms with E-state index in [9.17, 15) is 31.9 Å². The zero-order valence-electron chi connectivity index (χ0n) is 19.9. The second kappa shape index (κ2) is 8.75. The summed E-state index contributed by atoms with van der Waals surface area (Å²) >= 11 is 0. The summed E-state index contributed by atoms with van der Waals surface area (Å²) in [5.41, 5.74) is -1.20. The van der Waals surface area contributed by atoms with Crippen LogP contribution in [0.1, 0.15) is 37.2 Å². The second-order valence-corrected chi connectivity index (χ2v) is 9.51. The predicted octanol–water partition coefficient (Wildman–Crippen LogP) is 4.21. The minimum absolute atomic E-state index is 0.0199. The van der Waals surface area contributed by atoms with Crippen molar-refractivity contribution >= 4 is 22.5 Å². The summed E-state index contributed by atoms with van der Waals surface area (Å²) in [7, 11) is 0. The molecule has 1 N–H and O–H groups in total. The van der Waals surface area contributed by atoms with Crippen LogP contribution in [0.4, 0.5) is 22.0 Å². The maximum Gasteiger partial charge on any atom is 0.408 e. The number of halogens is 5. The highest BCUT2D eigenvalue weighted by Gasteiger charge is 2.38. The Morgan fingerprint density at radius 3 is 2.68 bits per heavy atom. The van der Waals surface area contributed by atoms with Crippen molar-refractivity contribution in [2.24, 2.45) is 5.92 Å². The summed E-state index contributed by atoms with van der Waals surface area (Å²) < 4.78 is 70.0. The number of fused-ring (bicyclic) bond motifs is 2. The van der Waals surface area contributed by atoms with Gasteiger partial charge in [0, 0.05) is 42.9 Å². The Morgan fingerprint density at radius 1 is 1.22 bits per heavy atom. The van der Waals surface area contributed by atoms with Gasteiger partial charge in [-0.2, -0.15) is 18.3 Å². The van der Waals surface area contributed by atoms with Gasteiger partial charge in [-0.25, -0.2) is 13.8 Å². The number of nitrogens with zero attached hydrogens (tertiary/aromatic N) is 6. The van der Waals surface area contributed by atoms with Crippen molar-refractivity contribution < 1.29 is 31.9 Å². The van der Waals surface area contributed by atoms with Crippen LogP contribution < -0.4 is 0 Å². The van der Waals surface area contributed by atoms with E-state index in [1.54, 1.807) is 6.92 Å². The van der Waals surface area contributed by atoms with E-state index >= 15 is 0 Å². The number of hydrogen-bond donors (Lipinski definition) is 1. The largest absolute Gasteiger partial charge is 0.408 e. The van der Waals surface area contributed by atoms with Crippen molar-refractivity contribution in [3.8, 4) is 11.4 Å². The zero-order chi connectivity index (χ0) is 26.7. The van der Waals surface area contributed by atoms with E-state index in [4.69, 9.17) is 0 Å². The molecule has 2 unspecified atom stereocenters. The van der Waals surface area contributed by atoms with E-state index in [1.165, 1.54) is 23.4 Å². The third kappa shape index (κ3) is 4.52. The van der Waals surface area contributed by atoms with Gasteiger partial charge in [0.1, 0.15) is 23.7 Å². The fraction of sp³-hybridized carbons (Fsp3) is 0.417. The molecule has 1 saturated heterocycles. The highest BCUT2D eigenvalue weighted by Crippen LogP contribution is 2.33. The molecule has 0 radical (unpaired) electrons. The predicted molar refractivity (Wildman–Crippen MR) is 123 cm³/mol. The first kappa shape index (κ1) is 25.1. The summed E-state index contributed by atoms with van der Waals surface area (Å²) in [6.45, 7) is 2.74. The van der Waals surface area contributed by atoms with Crippen molar-refractivity contribution in [3.63, 3.8) is 0 Å². The van der Waals surface area contributed by atoms with Gasteiger partial charge in [0.2, 0.25) is 0 Å². The number of piperidine rings is 1. The molecule has 0 bridgehead atoms. The van der Waals surface area contributed by atoms with Crippen molar-refractivity contribution in [2.75, 3.05) is 13.1 Å². The SMILES string of the molecule is CCC1CN(C(=O)c2cc3c(cn2)c(-c2cnc4c(F)cc(F)cn24)nn3CC(F)(F)F)CCC1(C)O. The number of amides is 1. The first-order chi connectivity index (χ1) is 17.4. The molecule has 1 aliphatic heterocycles. The standard InChI is InChI=1S/C24H23F5N6O2/c1-3-13-10-33(5-4-23(13,2)37)22(36)17-7-18-15(8-30-17)20(32-35(18)12-24(27,28)29)19-9-31-21-16(26)6-14(25)11-34(19)21/h6-9,11,13,37H,3-5,10,12H2,1-2H3. The van der Waals surface area contributed by atoms with Crippen LogP contribution in [0, 0.1) is 17.6 Å². The highest BCUT2D eigenvalue weighted by atomic mass is 19.4. The molecule has 2 atom stereocenters. The van der Waals surface area contributed by atoms with Gasteiger partial charge in [0.05, 0.1) is 23.0 Å². The molecular formula is C24H23F5N6O2. The van der Waals surface area contributed by atoms with Gasteiger partial charge in [0.25, 0.3) is 5.91 Å². The molecule has 1 fully saturated rings. The van der Waals surface area contributed by atoms with E-state index < -0.39 is 35.9 Å². The second-order valence-electron chi connectivity index (χ2n) is 9.51. The molecule has 0 aliphatic carbocycles. The smallest absolute Gasteiger partial charge is 0.390 e. The monoisotopic (exact) mass is 522 g/mol. The lowest BCUT2D eigenvalue weighted by Gasteiger charge is -2.42. The number of aromatic nitrogens is 5. The molecule has 0 saturated carbocycles. The summed E-state index contributed by atoms with van der Waals surface area (Å²) in [5.74, 6) is -2.48. The minimum atomic E-state index is -4.63. The van der Waals surface area contributed by atoms with Crippen molar-refractivity contribution in [1.29, 1.82) is 0 Å². The number of likely N-dealkylation sites (tertiary alicyclic amines) is 1. The number of aliphatic hydroxyl groups is 1. The molecule has 13 heteroatoms.